The van der Waals surface area contributed by atoms with Crippen LogP contribution in [0.15, 0.2) is 57.6 Å². The van der Waals surface area contributed by atoms with E-state index < -0.39 is 11.9 Å². The summed E-state index contributed by atoms with van der Waals surface area (Å²) < 4.78 is 16.1. The van der Waals surface area contributed by atoms with Crippen LogP contribution in [0.1, 0.15) is 18.1 Å². The Bertz CT molecular complexity index is 931. The second kappa shape index (κ2) is 7.53. The van der Waals surface area contributed by atoms with Crippen LogP contribution in [0.5, 0.6) is 11.5 Å². The molecule has 0 fully saturated rings. The van der Waals surface area contributed by atoms with Crippen LogP contribution < -0.4 is 9.47 Å². The number of carbonyl (C=O) groups is 2. The molecule has 0 bridgehead atoms. The number of benzene rings is 2. The van der Waals surface area contributed by atoms with Crippen LogP contribution in [-0.2, 0) is 14.3 Å². The van der Waals surface area contributed by atoms with Gasteiger partial charge in [0.25, 0.3) is 0 Å². The summed E-state index contributed by atoms with van der Waals surface area (Å²) in [4.78, 5) is 27.3. The zero-order valence-electron chi connectivity index (χ0n) is 14.0. The van der Waals surface area contributed by atoms with E-state index in [4.69, 9.17) is 14.2 Å². The van der Waals surface area contributed by atoms with Gasteiger partial charge in [0.05, 0.1) is 12.7 Å². The van der Waals surface area contributed by atoms with Gasteiger partial charge in [-0.3, -0.25) is 4.79 Å². The molecule has 0 aromatic heterocycles. The molecular weight excluding hydrogens is 402 g/mol. The topological polar surface area (TPSA) is 74.2 Å². The smallest absolute Gasteiger partial charge is 0.363 e. The number of nitrogens with zero attached hydrogens (tertiary/aromatic N) is 1. The van der Waals surface area contributed by atoms with E-state index in [2.05, 4.69) is 20.9 Å². The lowest BCUT2D eigenvalue weighted by atomic mass is 10.2. The lowest BCUT2D eigenvalue weighted by Crippen LogP contribution is -2.06. The summed E-state index contributed by atoms with van der Waals surface area (Å²) in [5.41, 5.74) is 1.56. The first kappa shape index (κ1) is 17.9. The summed E-state index contributed by atoms with van der Waals surface area (Å²) >= 11 is 3.42. The van der Waals surface area contributed by atoms with E-state index in [0.717, 1.165) is 5.56 Å². The number of esters is 2. The van der Waals surface area contributed by atoms with Crippen molar-refractivity contribution < 1.29 is 23.8 Å². The maximum absolute atomic E-state index is 12.1. The first-order valence-corrected chi connectivity index (χ1v) is 8.40. The summed E-state index contributed by atoms with van der Waals surface area (Å²) in [6.07, 6.45) is 1.60. The fourth-order valence-corrected chi connectivity index (χ4v) is 2.80. The highest BCUT2D eigenvalue weighted by Gasteiger charge is 2.25. The average Bonchev–Trinajstić information content (AvgIpc) is 2.96. The monoisotopic (exact) mass is 415 g/mol. The predicted molar refractivity (Wildman–Crippen MR) is 99.1 cm³/mol. The molecule has 132 valence electrons. The maximum Gasteiger partial charge on any atom is 0.363 e. The highest BCUT2D eigenvalue weighted by molar-refractivity contribution is 9.10. The Balaban J connectivity index is 1.85. The molecule has 6 nitrogen and oxygen atoms in total. The van der Waals surface area contributed by atoms with Crippen molar-refractivity contribution in [2.75, 3.05) is 7.11 Å². The van der Waals surface area contributed by atoms with Crippen molar-refractivity contribution in [1.29, 1.82) is 0 Å². The molecule has 0 N–H and O–H groups in total. The van der Waals surface area contributed by atoms with Crippen molar-refractivity contribution in [1.82, 2.24) is 0 Å². The number of carbonyl (C=O) groups excluding carboxylic acids is 2. The number of ether oxygens (including phenoxy) is 3. The Morgan fingerprint density at radius 2 is 1.85 bits per heavy atom. The van der Waals surface area contributed by atoms with Crippen LogP contribution in [0.25, 0.3) is 6.08 Å². The molecular formula is C19H14BrNO5. The molecule has 3 rings (SSSR count). The van der Waals surface area contributed by atoms with E-state index in [-0.39, 0.29) is 11.6 Å². The van der Waals surface area contributed by atoms with Gasteiger partial charge in [0.1, 0.15) is 11.5 Å². The quantitative estimate of drug-likeness (QED) is 0.432. The van der Waals surface area contributed by atoms with Crippen LogP contribution in [-0.4, -0.2) is 24.9 Å². The van der Waals surface area contributed by atoms with Gasteiger partial charge in [-0.15, -0.1) is 0 Å². The van der Waals surface area contributed by atoms with Crippen LogP contribution in [0.2, 0.25) is 0 Å². The zero-order valence-corrected chi connectivity index (χ0v) is 15.6. The van der Waals surface area contributed by atoms with Gasteiger partial charge in [0, 0.05) is 11.4 Å². The molecule has 2 aromatic carbocycles. The number of halogens is 1. The highest BCUT2D eigenvalue weighted by Crippen LogP contribution is 2.27. The van der Waals surface area contributed by atoms with Gasteiger partial charge < -0.3 is 14.2 Å². The Morgan fingerprint density at radius 3 is 2.46 bits per heavy atom. The van der Waals surface area contributed by atoms with Crippen molar-refractivity contribution >= 4 is 39.8 Å². The molecule has 0 saturated carbocycles. The normalized spacial score (nSPS) is 14.8. The Labute approximate surface area is 158 Å². The van der Waals surface area contributed by atoms with E-state index in [0.29, 0.717) is 21.5 Å². The van der Waals surface area contributed by atoms with Crippen LogP contribution >= 0.6 is 15.9 Å². The number of hydrogen-bond donors (Lipinski definition) is 0. The molecule has 1 heterocycles. The Kier molecular flexibility index (Phi) is 5.18. The number of hydrogen-bond acceptors (Lipinski definition) is 6. The molecule has 0 atom stereocenters. The SMILES string of the molecule is COc1ccc(C2=NC(=Cc3ccc(OC(C)=O)cc3)C(=O)O2)c(Br)c1. The molecule has 0 unspecified atom stereocenters. The van der Waals surface area contributed by atoms with E-state index in [9.17, 15) is 9.59 Å². The lowest BCUT2D eigenvalue weighted by molar-refractivity contribution is -0.132. The minimum absolute atomic E-state index is 0.183. The van der Waals surface area contributed by atoms with E-state index in [1.807, 2.05) is 0 Å². The van der Waals surface area contributed by atoms with Crippen molar-refractivity contribution in [2.24, 2.45) is 4.99 Å². The molecule has 0 aliphatic carbocycles. The summed E-state index contributed by atoms with van der Waals surface area (Å²) in [5.74, 6) is 0.392. The average molecular weight is 416 g/mol. The van der Waals surface area contributed by atoms with Crippen molar-refractivity contribution in [3.63, 3.8) is 0 Å². The van der Waals surface area contributed by atoms with Crippen LogP contribution in [0, 0.1) is 0 Å². The Morgan fingerprint density at radius 1 is 1.15 bits per heavy atom. The lowest BCUT2D eigenvalue weighted by Gasteiger charge is -2.05. The van der Waals surface area contributed by atoms with Gasteiger partial charge in [0.15, 0.2) is 5.70 Å². The molecule has 0 saturated heterocycles. The maximum atomic E-state index is 12.1. The van der Waals surface area contributed by atoms with Crippen molar-refractivity contribution in [3.05, 3.63) is 63.8 Å². The number of methoxy groups -OCH3 is 1. The fourth-order valence-electron chi connectivity index (χ4n) is 2.28. The standard InChI is InChI=1S/C19H14BrNO5/c1-11(22)25-13-5-3-12(4-6-13)9-17-19(23)26-18(21-17)15-8-7-14(24-2)10-16(15)20/h3-10H,1-2H3. The minimum atomic E-state index is -0.535. The predicted octanol–water partition coefficient (Wildman–Crippen LogP) is 3.73. The van der Waals surface area contributed by atoms with Gasteiger partial charge in [0.2, 0.25) is 5.90 Å². The third-order valence-corrected chi connectivity index (χ3v) is 4.13. The molecule has 1 aliphatic rings. The third-order valence-electron chi connectivity index (χ3n) is 3.47. The first-order chi connectivity index (χ1) is 12.5. The van der Waals surface area contributed by atoms with Gasteiger partial charge >= 0.3 is 11.9 Å². The molecule has 26 heavy (non-hydrogen) atoms. The van der Waals surface area contributed by atoms with Crippen molar-refractivity contribution in [2.45, 2.75) is 6.92 Å². The largest absolute Gasteiger partial charge is 0.497 e. The highest BCUT2D eigenvalue weighted by atomic mass is 79.9. The molecule has 1 aliphatic heterocycles. The van der Waals surface area contributed by atoms with Crippen LogP contribution in [0.4, 0.5) is 0 Å². The second-order valence-corrected chi connectivity index (χ2v) is 6.20. The molecule has 0 radical (unpaired) electrons. The van der Waals surface area contributed by atoms with Gasteiger partial charge in [-0.2, -0.15) is 0 Å². The number of aliphatic imine (C=N–C) groups is 1. The van der Waals surface area contributed by atoms with E-state index in [1.165, 1.54) is 6.92 Å². The molecule has 0 spiro atoms. The second-order valence-electron chi connectivity index (χ2n) is 5.34. The van der Waals surface area contributed by atoms with Gasteiger partial charge in [-0.1, -0.05) is 12.1 Å². The summed E-state index contributed by atoms with van der Waals surface area (Å²) in [6.45, 7) is 1.33. The van der Waals surface area contributed by atoms with E-state index in [1.54, 1.807) is 55.7 Å². The van der Waals surface area contributed by atoms with E-state index >= 15 is 0 Å². The summed E-state index contributed by atoms with van der Waals surface area (Å²) in [5, 5.41) is 0. The summed E-state index contributed by atoms with van der Waals surface area (Å²) in [6, 6.07) is 12.0. The Hall–Kier alpha value is -2.93. The van der Waals surface area contributed by atoms with Gasteiger partial charge in [-0.25, -0.2) is 9.79 Å². The molecule has 7 heteroatoms. The minimum Gasteiger partial charge on any atom is -0.497 e. The zero-order chi connectivity index (χ0) is 18.7. The van der Waals surface area contributed by atoms with Gasteiger partial charge in [-0.05, 0) is 57.9 Å². The summed E-state index contributed by atoms with van der Waals surface area (Å²) in [7, 11) is 1.57. The van der Waals surface area contributed by atoms with Crippen molar-refractivity contribution in [3.8, 4) is 11.5 Å². The molecule has 2 aromatic rings. The number of rotatable bonds is 4. The molecule has 0 amide bonds. The first-order valence-electron chi connectivity index (χ1n) is 7.61. The van der Waals surface area contributed by atoms with Crippen LogP contribution in [0.3, 0.4) is 0 Å². The fraction of sp³-hybridized carbons (Fsp3) is 0.105. The third kappa shape index (κ3) is 4.00. The number of cyclic esters (lactones) is 1.